The van der Waals surface area contributed by atoms with Crippen molar-refractivity contribution in [1.82, 2.24) is 5.06 Å². The van der Waals surface area contributed by atoms with Gasteiger partial charge in [-0.05, 0) is 37.0 Å². The van der Waals surface area contributed by atoms with E-state index in [9.17, 15) is 9.59 Å². The highest BCUT2D eigenvalue weighted by Crippen LogP contribution is 2.67. The lowest BCUT2D eigenvalue weighted by Gasteiger charge is -2.44. The molecule has 2 aromatic rings. The van der Waals surface area contributed by atoms with Crippen molar-refractivity contribution in [3.8, 4) is 0 Å². The average Bonchev–Trinajstić information content (AvgIpc) is 3.38. The number of ketones is 1. The number of carbonyl (C=O) groups excluding carboxylic acids is 2. The third-order valence-electron chi connectivity index (χ3n) is 9.14. The predicted octanol–water partition coefficient (Wildman–Crippen LogP) is 4.79. The van der Waals surface area contributed by atoms with Crippen molar-refractivity contribution in [2.24, 2.45) is 5.41 Å². The Morgan fingerprint density at radius 3 is 2.48 bits per heavy atom. The quantitative estimate of drug-likeness (QED) is 0.669. The minimum atomic E-state index is -0.957. The third kappa shape index (κ3) is 2.55. The van der Waals surface area contributed by atoms with Gasteiger partial charge in [0.15, 0.2) is 11.4 Å². The summed E-state index contributed by atoms with van der Waals surface area (Å²) in [6.07, 6.45) is 4.18. The zero-order valence-corrected chi connectivity index (χ0v) is 19.7. The number of hydrogen-bond acceptors (Lipinski definition) is 4. The fourth-order valence-electron chi connectivity index (χ4n) is 7.22. The highest BCUT2D eigenvalue weighted by Gasteiger charge is 2.77. The van der Waals surface area contributed by atoms with Crippen LogP contribution in [0.5, 0.6) is 0 Å². The molecule has 5 nitrogen and oxygen atoms in total. The van der Waals surface area contributed by atoms with Gasteiger partial charge in [0.2, 0.25) is 5.91 Å². The maximum atomic E-state index is 14.4. The first kappa shape index (κ1) is 21.1. The van der Waals surface area contributed by atoms with Gasteiger partial charge in [0.1, 0.15) is 0 Å². The van der Waals surface area contributed by atoms with Gasteiger partial charge in [-0.1, -0.05) is 68.8 Å². The summed E-state index contributed by atoms with van der Waals surface area (Å²) in [5.74, 6) is 0.114. The molecule has 172 valence electrons. The van der Waals surface area contributed by atoms with Crippen LogP contribution < -0.4 is 4.90 Å². The van der Waals surface area contributed by atoms with Gasteiger partial charge < -0.3 is 4.90 Å². The van der Waals surface area contributed by atoms with E-state index in [1.807, 2.05) is 53.4 Å². The molecular formula is C28H32N2O3. The maximum Gasteiger partial charge on any atom is 0.239 e. The number of para-hydroxylation sites is 1. The molecule has 0 unspecified atom stereocenters. The molecule has 2 aromatic carbocycles. The summed E-state index contributed by atoms with van der Waals surface area (Å²) >= 11 is 0. The Hall–Kier alpha value is -2.50. The van der Waals surface area contributed by atoms with Crippen molar-refractivity contribution >= 4 is 17.4 Å². The molecule has 0 bridgehead atoms. The van der Waals surface area contributed by atoms with Crippen molar-refractivity contribution in [1.29, 1.82) is 0 Å². The van der Waals surface area contributed by atoms with Crippen LogP contribution in [0.3, 0.4) is 0 Å². The van der Waals surface area contributed by atoms with Crippen molar-refractivity contribution in [2.45, 2.75) is 82.5 Å². The highest BCUT2D eigenvalue weighted by atomic mass is 16.7. The molecule has 33 heavy (non-hydrogen) atoms. The lowest BCUT2D eigenvalue weighted by atomic mass is 9.59. The minimum Gasteiger partial charge on any atom is -0.307 e. The molecule has 3 fully saturated rings. The second-order valence-corrected chi connectivity index (χ2v) is 10.9. The van der Waals surface area contributed by atoms with E-state index in [1.165, 1.54) is 0 Å². The molecule has 3 aliphatic heterocycles. The molecule has 2 spiro atoms. The third-order valence-corrected chi connectivity index (χ3v) is 9.14. The number of rotatable bonds is 2. The van der Waals surface area contributed by atoms with Gasteiger partial charge in [0.25, 0.3) is 0 Å². The first-order chi connectivity index (χ1) is 15.8. The van der Waals surface area contributed by atoms with Gasteiger partial charge in [0, 0.05) is 36.0 Å². The molecule has 5 heteroatoms. The topological polar surface area (TPSA) is 49.9 Å². The molecular weight excluding hydrogens is 412 g/mol. The summed E-state index contributed by atoms with van der Waals surface area (Å²) in [6, 6.07) is 18.7. The van der Waals surface area contributed by atoms with Crippen molar-refractivity contribution in [3.05, 3.63) is 65.7 Å². The van der Waals surface area contributed by atoms with E-state index in [0.29, 0.717) is 19.0 Å². The van der Waals surface area contributed by atoms with E-state index in [4.69, 9.17) is 4.84 Å². The SMILES string of the molecule is C[C@@H]1CCC[C@H]2C[C@]3(ON21)C(=O)C[C@]1(C(=O)N(Cc2ccccc2)c2ccccc21)C3(C)C. The number of anilines is 1. The Balaban J connectivity index is 1.46. The molecule has 1 saturated carbocycles. The standard InChI is InChI=1S/C28H32N2O3/c1-19-10-9-13-21-16-28(33-30(19)21)24(31)17-27(26(28,2)3)22-14-7-8-15-23(22)29(25(27)32)18-20-11-5-4-6-12-20/h4-8,11-12,14-15,19,21H,9-10,13,16-18H2,1-3H3/t19-,21+,27+,28+/m1/s1. The summed E-state index contributed by atoms with van der Waals surface area (Å²) in [7, 11) is 0. The summed E-state index contributed by atoms with van der Waals surface area (Å²) in [4.78, 5) is 36.9. The summed E-state index contributed by atoms with van der Waals surface area (Å²) in [5, 5.41) is 2.09. The van der Waals surface area contributed by atoms with Crippen molar-refractivity contribution < 1.29 is 14.4 Å². The zero-order valence-electron chi connectivity index (χ0n) is 19.7. The number of nitrogens with zero attached hydrogens (tertiary/aromatic N) is 2. The molecule has 4 atom stereocenters. The van der Waals surface area contributed by atoms with Crippen LogP contribution in [-0.4, -0.2) is 34.4 Å². The van der Waals surface area contributed by atoms with E-state index >= 15 is 0 Å². The number of amides is 1. The van der Waals surface area contributed by atoms with E-state index in [0.717, 1.165) is 36.1 Å². The van der Waals surface area contributed by atoms with Crippen LogP contribution in [0.15, 0.2) is 54.6 Å². The number of hydrogen-bond donors (Lipinski definition) is 0. The molecule has 4 aliphatic rings. The van der Waals surface area contributed by atoms with Crippen LogP contribution in [0.2, 0.25) is 0 Å². The van der Waals surface area contributed by atoms with Gasteiger partial charge in [-0.3, -0.25) is 14.4 Å². The number of piperidine rings is 1. The lowest BCUT2D eigenvalue weighted by molar-refractivity contribution is -0.249. The van der Waals surface area contributed by atoms with Gasteiger partial charge in [0.05, 0.1) is 12.0 Å². The fourth-order valence-corrected chi connectivity index (χ4v) is 7.22. The summed E-state index contributed by atoms with van der Waals surface area (Å²) in [5.41, 5.74) is 0.440. The average molecular weight is 445 g/mol. The molecule has 0 aromatic heterocycles. The molecule has 2 saturated heterocycles. The monoisotopic (exact) mass is 444 g/mol. The molecule has 6 rings (SSSR count). The highest BCUT2D eigenvalue weighted by molar-refractivity contribution is 6.14. The van der Waals surface area contributed by atoms with Gasteiger partial charge in [-0.25, -0.2) is 0 Å². The van der Waals surface area contributed by atoms with Crippen LogP contribution in [0.4, 0.5) is 5.69 Å². The fraction of sp³-hybridized carbons (Fsp3) is 0.500. The first-order valence-electron chi connectivity index (χ1n) is 12.3. The van der Waals surface area contributed by atoms with Gasteiger partial charge in [-0.15, -0.1) is 0 Å². The number of carbonyl (C=O) groups is 2. The number of fused-ring (bicyclic) bond motifs is 3. The van der Waals surface area contributed by atoms with Crippen LogP contribution in [0.1, 0.15) is 64.0 Å². The lowest BCUT2D eigenvalue weighted by Crippen LogP contribution is -2.56. The van der Waals surface area contributed by atoms with Crippen LogP contribution in [0.25, 0.3) is 0 Å². The first-order valence-corrected chi connectivity index (χ1v) is 12.3. The Kier molecular flexibility index (Phi) is 4.47. The van der Waals surface area contributed by atoms with E-state index in [1.54, 1.807) is 0 Å². The smallest absolute Gasteiger partial charge is 0.239 e. The van der Waals surface area contributed by atoms with Crippen LogP contribution >= 0.6 is 0 Å². The second kappa shape index (κ2) is 7.00. The minimum absolute atomic E-state index is 0.0318. The Morgan fingerprint density at radius 2 is 1.73 bits per heavy atom. The Labute approximate surface area is 195 Å². The summed E-state index contributed by atoms with van der Waals surface area (Å²) in [6.45, 7) is 6.89. The van der Waals surface area contributed by atoms with Crippen LogP contribution in [-0.2, 0) is 26.4 Å². The van der Waals surface area contributed by atoms with Gasteiger partial charge in [-0.2, -0.15) is 5.06 Å². The van der Waals surface area contributed by atoms with E-state index in [2.05, 4.69) is 31.9 Å². The molecule has 1 aliphatic carbocycles. The Bertz CT molecular complexity index is 1130. The number of hydroxylamine groups is 2. The molecule has 0 radical (unpaired) electrons. The predicted molar refractivity (Wildman–Crippen MR) is 127 cm³/mol. The second-order valence-electron chi connectivity index (χ2n) is 10.9. The number of Topliss-reactive ketones (excluding diaryl/α,β-unsaturated/α-hetero) is 1. The van der Waals surface area contributed by atoms with E-state index in [-0.39, 0.29) is 24.2 Å². The van der Waals surface area contributed by atoms with Crippen molar-refractivity contribution in [3.63, 3.8) is 0 Å². The molecule has 1 amide bonds. The van der Waals surface area contributed by atoms with Gasteiger partial charge >= 0.3 is 0 Å². The molecule has 0 N–H and O–H groups in total. The molecule has 3 heterocycles. The zero-order chi connectivity index (χ0) is 23.0. The normalized spacial score (nSPS) is 34.9. The largest absolute Gasteiger partial charge is 0.307 e. The number of benzene rings is 2. The van der Waals surface area contributed by atoms with E-state index < -0.39 is 16.4 Å². The summed E-state index contributed by atoms with van der Waals surface area (Å²) < 4.78 is 0. The van der Waals surface area contributed by atoms with Crippen LogP contribution in [0, 0.1) is 5.41 Å². The maximum absolute atomic E-state index is 14.4. The van der Waals surface area contributed by atoms with Crippen molar-refractivity contribution in [2.75, 3.05) is 4.90 Å². The Morgan fingerprint density at radius 1 is 1.00 bits per heavy atom.